The van der Waals surface area contributed by atoms with Gasteiger partial charge in [0.15, 0.2) is 9.84 Å². The van der Waals surface area contributed by atoms with Gasteiger partial charge in [-0.15, -0.1) is 12.3 Å². The fourth-order valence-electron chi connectivity index (χ4n) is 1.08. The van der Waals surface area contributed by atoms with Gasteiger partial charge in [0.25, 0.3) is 0 Å². The van der Waals surface area contributed by atoms with Gasteiger partial charge < -0.3 is 4.74 Å². The van der Waals surface area contributed by atoms with Crippen LogP contribution < -0.4 is 0 Å². The molecule has 0 saturated carbocycles. The number of sulfone groups is 1. The summed E-state index contributed by atoms with van der Waals surface area (Å²) in [6.07, 6.45) is 6.71. The second kappa shape index (κ2) is 5.17. The molecule has 0 heterocycles. The summed E-state index contributed by atoms with van der Waals surface area (Å²) in [4.78, 5) is 0. The van der Waals surface area contributed by atoms with Crippen LogP contribution in [0.1, 0.15) is 26.7 Å². The monoisotopic (exact) mass is 231 g/mol. The molecular weight excluding hydrogens is 214 g/mol. The second-order valence-corrected chi connectivity index (χ2v) is 5.91. The lowest BCUT2D eigenvalue weighted by Gasteiger charge is -2.26. The fraction of sp³-hybridized carbons (Fsp3) is 0.700. The molecule has 0 saturated heterocycles. The van der Waals surface area contributed by atoms with Gasteiger partial charge in [0.1, 0.15) is 4.75 Å². The smallest absolute Gasteiger partial charge is 0.202 e. The molecule has 0 aliphatic rings. The van der Waals surface area contributed by atoms with Crippen LogP contribution in [-0.4, -0.2) is 31.9 Å². The van der Waals surface area contributed by atoms with Crippen molar-refractivity contribution in [2.75, 3.05) is 12.9 Å². The number of rotatable bonds is 5. The predicted octanol–water partition coefficient (Wildman–Crippen LogP) is 1.22. The van der Waals surface area contributed by atoms with E-state index >= 15 is 0 Å². The summed E-state index contributed by atoms with van der Waals surface area (Å²) in [5.74, 6) is 2.14. The Balaban J connectivity index is 5.05. The van der Waals surface area contributed by atoms with E-state index in [1.807, 2.05) is 0 Å². The van der Waals surface area contributed by atoms with E-state index in [1.54, 1.807) is 6.92 Å². The van der Waals surface area contributed by atoms with Crippen molar-refractivity contribution in [1.82, 2.24) is 0 Å². The Morgan fingerprint density at radius 1 is 1.60 bits per heavy atom. The first kappa shape index (κ1) is 14.0. The molecule has 1 N–H and O–H groups in total. The molecule has 0 aromatic heterocycles. The molecule has 1 unspecified atom stereocenters. The van der Waals surface area contributed by atoms with E-state index in [2.05, 4.69) is 5.92 Å². The Kier molecular flexibility index (Phi) is 4.82. The van der Waals surface area contributed by atoms with Crippen molar-refractivity contribution in [3.05, 3.63) is 0 Å². The third kappa shape index (κ3) is 3.24. The molecule has 15 heavy (non-hydrogen) atoms. The molecular formula is C10H17NO3S. The van der Waals surface area contributed by atoms with Crippen LogP contribution in [0.5, 0.6) is 0 Å². The van der Waals surface area contributed by atoms with Crippen LogP contribution in [0.2, 0.25) is 0 Å². The van der Waals surface area contributed by atoms with Gasteiger partial charge in [0, 0.05) is 12.7 Å². The largest absolute Gasteiger partial charge is 0.480 e. The van der Waals surface area contributed by atoms with Crippen LogP contribution in [-0.2, 0) is 14.6 Å². The molecule has 0 aliphatic heterocycles. The highest BCUT2D eigenvalue weighted by Crippen LogP contribution is 2.24. The van der Waals surface area contributed by atoms with Crippen LogP contribution >= 0.6 is 0 Å². The second-order valence-electron chi connectivity index (χ2n) is 3.47. The summed E-state index contributed by atoms with van der Waals surface area (Å²) in [7, 11) is -3.40. The first-order chi connectivity index (χ1) is 6.79. The average molecular weight is 231 g/mol. The van der Waals surface area contributed by atoms with E-state index in [-0.39, 0.29) is 18.9 Å². The van der Waals surface area contributed by atoms with Gasteiger partial charge >= 0.3 is 0 Å². The van der Waals surface area contributed by atoms with Gasteiger partial charge in [0.05, 0.1) is 6.61 Å². The van der Waals surface area contributed by atoms with Crippen molar-refractivity contribution >= 4 is 15.7 Å². The number of nitrogens with one attached hydrogen (secondary N) is 1. The molecule has 0 spiro atoms. The topological polar surface area (TPSA) is 67.2 Å². The molecule has 0 aromatic rings. The Hall–Kier alpha value is -1.02. The molecule has 86 valence electrons. The lowest BCUT2D eigenvalue weighted by atomic mass is 10.0. The van der Waals surface area contributed by atoms with Gasteiger partial charge in [-0.3, -0.25) is 5.41 Å². The maximum atomic E-state index is 11.6. The summed E-state index contributed by atoms with van der Waals surface area (Å²) >= 11 is 0. The molecule has 0 amide bonds. The molecule has 0 radical (unpaired) electrons. The summed E-state index contributed by atoms with van der Waals surface area (Å²) in [6.45, 7) is 3.45. The minimum atomic E-state index is -3.40. The van der Waals surface area contributed by atoms with Crippen LogP contribution in [0.25, 0.3) is 0 Å². The van der Waals surface area contributed by atoms with Crippen LogP contribution in [0, 0.1) is 17.8 Å². The highest BCUT2D eigenvalue weighted by Gasteiger charge is 2.41. The molecule has 0 rings (SSSR count). The number of hydrogen-bond donors (Lipinski definition) is 1. The zero-order valence-corrected chi connectivity index (χ0v) is 10.1. The van der Waals surface area contributed by atoms with Crippen LogP contribution in [0.4, 0.5) is 0 Å². The van der Waals surface area contributed by atoms with Crippen molar-refractivity contribution in [3.8, 4) is 12.3 Å². The Bertz CT molecular complexity index is 367. The Labute approximate surface area is 91.4 Å². The molecule has 0 aromatic carbocycles. The minimum absolute atomic E-state index is 0.209. The first-order valence-corrected chi connectivity index (χ1v) is 6.53. The van der Waals surface area contributed by atoms with Crippen molar-refractivity contribution in [3.63, 3.8) is 0 Å². The summed E-state index contributed by atoms with van der Waals surface area (Å²) in [5, 5.41) is 7.61. The molecule has 5 heteroatoms. The van der Waals surface area contributed by atoms with Gasteiger partial charge in [-0.25, -0.2) is 8.42 Å². The van der Waals surface area contributed by atoms with E-state index in [1.165, 1.54) is 6.92 Å². The number of terminal acetylenes is 1. The average Bonchev–Trinajstić information content (AvgIpc) is 2.12. The molecule has 0 bridgehead atoms. The van der Waals surface area contributed by atoms with Gasteiger partial charge in [-0.2, -0.15) is 0 Å². The molecule has 1 atom stereocenters. The molecule has 0 aliphatic carbocycles. The van der Waals surface area contributed by atoms with Crippen molar-refractivity contribution in [1.29, 1.82) is 5.41 Å². The molecule has 4 nitrogen and oxygen atoms in total. The predicted molar refractivity (Wildman–Crippen MR) is 60.7 cm³/mol. The lowest BCUT2D eigenvalue weighted by Crippen LogP contribution is -2.43. The zero-order chi connectivity index (χ0) is 12.1. The van der Waals surface area contributed by atoms with Gasteiger partial charge in [-0.05, 0) is 20.3 Å². The Morgan fingerprint density at radius 3 is 2.47 bits per heavy atom. The fourth-order valence-corrected chi connectivity index (χ4v) is 1.94. The van der Waals surface area contributed by atoms with E-state index < -0.39 is 14.6 Å². The van der Waals surface area contributed by atoms with E-state index in [4.69, 9.17) is 16.6 Å². The van der Waals surface area contributed by atoms with Crippen molar-refractivity contribution in [2.24, 2.45) is 0 Å². The van der Waals surface area contributed by atoms with E-state index in [9.17, 15) is 8.42 Å². The lowest BCUT2D eigenvalue weighted by molar-refractivity contribution is 0.300. The maximum Gasteiger partial charge on any atom is 0.202 e. The SMILES string of the molecule is C#CCCC(C)(C(=N)OCC)S(C)(=O)=O. The highest BCUT2D eigenvalue weighted by molar-refractivity contribution is 7.92. The van der Waals surface area contributed by atoms with Gasteiger partial charge in [-0.1, -0.05) is 0 Å². The normalized spacial score (nSPS) is 15.1. The van der Waals surface area contributed by atoms with Gasteiger partial charge in [0.2, 0.25) is 5.90 Å². The quantitative estimate of drug-likeness (QED) is 0.439. The van der Waals surface area contributed by atoms with Crippen molar-refractivity contribution in [2.45, 2.75) is 31.4 Å². The van der Waals surface area contributed by atoms with E-state index in [0.717, 1.165) is 6.26 Å². The van der Waals surface area contributed by atoms with E-state index in [0.29, 0.717) is 6.42 Å². The van der Waals surface area contributed by atoms with Crippen LogP contribution in [0.3, 0.4) is 0 Å². The molecule has 0 fully saturated rings. The van der Waals surface area contributed by atoms with Crippen LogP contribution in [0.15, 0.2) is 0 Å². The minimum Gasteiger partial charge on any atom is -0.480 e. The summed E-state index contributed by atoms with van der Waals surface area (Å²) in [5.41, 5.74) is 0. The maximum absolute atomic E-state index is 11.6. The third-order valence-corrected chi connectivity index (χ3v) is 4.36. The first-order valence-electron chi connectivity index (χ1n) is 4.64. The standard InChI is InChI=1S/C10H17NO3S/c1-5-7-8-10(3,15(4,12)13)9(11)14-6-2/h1,11H,6-8H2,2-4H3. The Morgan fingerprint density at radius 2 is 2.13 bits per heavy atom. The summed E-state index contributed by atoms with van der Waals surface area (Å²) < 4.78 is 26.8. The van der Waals surface area contributed by atoms with Crippen molar-refractivity contribution < 1.29 is 13.2 Å². The summed E-state index contributed by atoms with van der Waals surface area (Å²) in [6, 6.07) is 0. The third-order valence-electron chi connectivity index (χ3n) is 2.33. The highest BCUT2D eigenvalue weighted by atomic mass is 32.2. The zero-order valence-electron chi connectivity index (χ0n) is 9.33. The number of ether oxygens (including phenoxy) is 1. The number of hydrogen-bond acceptors (Lipinski definition) is 4.